The van der Waals surface area contributed by atoms with Crippen molar-refractivity contribution in [2.45, 2.75) is 19.6 Å². The number of carbonyl (C=O) groups is 1. The molecule has 2 aromatic carbocycles. The van der Waals surface area contributed by atoms with E-state index in [9.17, 15) is 4.79 Å². The molecule has 0 saturated carbocycles. The molecule has 0 aliphatic carbocycles. The minimum atomic E-state index is -0.640. The molecule has 1 amide bonds. The largest absolute Gasteiger partial charge is 0.493 e. The summed E-state index contributed by atoms with van der Waals surface area (Å²) >= 11 is 0. The van der Waals surface area contributed by atoms with E-state index in [1.54, 1.807) is 37.1 Å². The predicted octanol–water partition coefficient (Wildman–Crippen LogP) is 2.88. The van der Waals surface area contributed by atoms with Crippen molar-refractivity contribution in [3.05, 3.63) is 53.6 Å². The molecular formula is C18H16N2O3. The van der Waals surface area contributed by atoms with E-state index in [1.807, 2.05) is 24.3 Å². The van der Waals surface area contributed by atoms with Gasteiger partial charge in [0.2, 0.25) is 0 Å². The molecule has 1 atom stereocenters. The summed E-state index contributed by atoms with van der Waals surface area (Å²) < 4.78 is 11.1. The predicted molar refractivity (Wildman–Crippen MR) is 85.4 cm³/mol. The van der Waals surface area contributed by atoms with E-state index in [1.165, 1.54) is 0 Å². The zero-order chi connectivity index (χ0) is 16.4. The fourth-order valence-electron chi connectivity index (χ4n) is 2.64. The zero-order valence-corrected chi connectivity index (χ0v) is 12.9. The number of nitrogens with zero attached hydrogens (tertiary/aromatic N) is 2. The van der Waals surface area contributed by atoms with Crippen LogP contribution in [-0.2, 0) is 11.3 Å². The molecule has 0 N–H and O–H groups in total. The molecule has 1 aliphatic heterocycles. The van der Waals surface area contributed by atoms with Crippen LogP contribution in [0.4, 0.5) is 5.69 Å². The number of amides is 1. The first-order valence-corrected chi connectivity index (χ1v) is 7.28. The van der Waals surface area contributed by atoms with Gasteiger partial charge in [0.05, 0.1) is 25.3 Å². The van der Waals surface area contributed by atoms with Gasteiger partial charge in [-0.1, -0.05) is 18.2 Å². The Hall–Kier alpha value is -3.00. The maximum atomic E-state index is 12.7. The molecular weight excluding hydrogens is 292 g/mol. The van der Waals surface area contributed by atoms with Crippen LogP contribution in [0, 0.1) is 11.3 Å². The van der Waals surface area contributed by atoms with Crippen LogP contribution in [0.15, 0.2) is 42.5 Å². The quantitative estimate of drug-likeness (QED) is 0.856. The summed E-state index contributed by atoms with van der Waals surface area (Å²) in [6.07, 6.45) is -0.640. The normalized spacial score (nSPS) is 16.8. The minimum absolute atomic E-state index is 0.154. The van der Waals surface area contributed by atoms with Crippen molar-refractivity contribution in [2.24, 2.45) is 0 Å². The van der Waals surface area contributed by atoms with E-state index in [4.69, 9.17) is 14.7 Å². The number of hydrogen-bond acceptors (Lipinski definition) is 4. The standard InChI is InChI=1S/C18H16N2O3/c1-12-18(21)20(15-7-3-5-13(9-15)10-19)11-14-6-4-8-16(22-2)17(14)23-12/h3-9,12H,11H2,1-2H3/t12-/m0/s1. The van der Waals surface area contributed by atoms with Gasteiger partial charge >= 0.3 is 0 Å². The smallest absolute Gasteiger partial charge is 0.268 e. The van der Waals surface area contributed by atoms with Gasteiger partial charge in [-0.2, -0.15) is 5.26 Å². The molecule has 116 valence electrons. The van der Waals surface area contributed by atoms with E-state index in [2.05, 4.69) is 6.07 Å². The molecule has 23 heavy (non-hydrogen) atoms. The first kappa shape index (κ1) is 14.9. The number of hydrogen-bond donors (Lipinski definition) is 0. The molecule has 0 fully saturated rings. The molecule has 1 heterocycles. The Balaban J connectivity index is 2.07. The molecule has 0 saturated heterocycles. The summed E-state index contributed by atoms with van der Waals surface area (Å²) in [5.41, 5.74) is 2.06. The van der Waals surface area contributed by atoms with Crippen molar-refractivity contribution in [2.75, 3.05) is 12.0 Å². The van der Waals surface area contributed by atoms with Crippen LogP contribution in [0.3, 0.4) is 0 Å². The number of benzene rings is 2. The number of anilines is 1. The Labute approximate surface area is 134 Å². The van der Waals surface area contributed by atoms with Crippen molar-refractivity contribution in [1.29, 1.82) is 5.26 Å². The van der Waals surface area contributed by atoms with E-state index < -0.39 is 6.10 Å². The monoisotopic (exact) mass is 308 g/mol. The lowest BCUT2D eigenvalue weighted by Crippen LogP contribution is -2.38. The first-order valence-electron chi connectivity index (χ1n) is 7.28. The second-order valence-electron chi connectivity index (χ2n) is 5.30. The first-order chi connectivity index (χ1) is 11.1. The highest BCUT2D eigenvalue weighted by Crippen LogP contribution is 2.36. The molecule has 5 nitrogen and oxygen atoms in total. The van der Waals surface area contributed by atoms with Gasteiger partial charge in [0.1, 0.15) is 0 Å². The number of methoxy groups -OCH3 is 1. The summed E-state index contributed by atoms with van der Waals surface area (Å²) in [7, 11) is 1.57. The number of ether oxygens (including phenoxy) is 2. The third-order valence-electron chi connectivity index (χ3n) is 3.80. The molecule has 0 aromatic heterocycles. The zero-order valence-electron chi connectivity index (χ0n) is 12.9. The van der Waals surface area contributed by atoms with Crippen LogP contribution in [0.1, 0.15) is 18.1 Å². The highest BCUT2D eigenvalue weighted by molar-refractivity contribution is 5.97. The van der Waals surface area contributed by atoms with E-state index >= 15 is 0 Å². The molecule has 0 radical (unpaired) electrons. The topological polar surface area (TPSA) is 62.6 Å². The lowest BCUT2D eigenvalue weighted by molar-refractivity contribution is -0.124. The van der Waals surface area contributed by atoms with Gasteiger partial charge in [-0.25, -0.2) is 0 Å². The Bertz CT molecular complexity index is 795. The third-order valence-corrected chi connectivity index (χ3v) is 3.80. The summed E-state index contributed by atoms with van der Waals surface area (Å²) in [6, 6.07) is 14.7. The summed E-state index contributed by atoms with van der Waals surface area (Å²) in [4.78, 5) is 14.3. The Kier molecular flexibility index (Phi) is 3.90. The molecule has 0 bridgehead atoms. The van der Waals surface area contributed by atoms with Crippen LogP contribution >= 0.6 is 0 Å². The number of carbonyl (C=O) groups excluding carboxylic acids is 1. The molecule has 0 spiro atoms. The highest BCUT2D eigenvalue weighted by Gasteiger charge is 2.30. The van der Waals surface area contributed by atoms with Crippen molar-refractivity contribution < 1.29 is 14.3 Å². The van der Waals surface area contributed by atoms with Crippen LogP contribution in [0.5, 0.6) is 11.5 Å². The van der Waals surface area contributed by atoms with Crippen LogP contribution < -0.4 is 14.4 Å². The van der Waals surface area contributed by atoms with Gasteiger partial charge in [0.25, 0.3) is 5.91 Å². The molecule has 3 rings (SSSR count). The lowest BCUT2D eigenvalue weighted by Gasteiger charge is -2.22. The second-order valence-corrected chi connectivity index (χ2v) is 5.30. The van der Waals surface area contributed by atoms with Gasteiger partial charge < -0.3 is 14.4 Å². The van der Waals surface area contributed by atoms with Crippen molar-refractivity contribution in [3.8, 4) is 17.6 Å². The third kappa shape index (κ3) is 2.71. The molecule has 5 heteroatoms. The average Bonchev–Trinajstić information content (AvgIpc) is 2.72. The van der Waals surface area contributed by atoms with E-state index in [0.717, 1.165) is 5.56 Å². The maximum Gasteiger partial charge on any atom is 0.268 e. The number of para-hydroxylation sites is 1. The van der Waals surface area contributed by atoms with Crippen LogP contribution in [0.2, 0.25) is 0 Å². The van der Waals surface area contributed by atoms with Gasteiger partial charge in [-0.15, -0.1) is 0 Å². The summed E-state index contributed by atoms with van der Waals surface area (Å²) in [6.45, 7) is 2.08. The molecule has 1 aliphatic rings. The number of nitriles is 1. The SMILES string of the molecule is COc1cccc2c1O[C@@H](C)C(=O)N(c1cccc(C#N)c1)C2. The van der Waals surface area contributed by atoms with Crippen molar-refractivity contribution in [1.82, 2.24) is 0 Å². The van der Waals surface area contributed by atoms with Crippen molar-refractivity contribution >= 4 is 11.6 Å². The Morgan fingerprint density at radius 3 is 2.83 bits per heavy atom. The van der Waals surface area contributed by atoms with Gasteiger partial charge in [-0.05, 0) is 31.2 Å². The lowest BCUT2D eigenvalue weighted by atomic mass is 10.1. The molecule has 2 aromatic rings. The fraction of sp³-hybridized carbons (Fsp3) is 0.222. The maximum absolute atomic E-state index is 12.7. The van der Waals surface area contributed by atoms with Crippen molar-refractivity contribution in [3.63, 3.8) is 0 Å². The number of rotatable bonds is 2. The van der Waals surface area contributed by atoms with Gasteiger partial charge in [-0.3, -0.25) is 4.79 Å². The van der Waals surface area contributed by atoms with Crippen LogP contribution in [0.25, 0.3) is 0 Å². The summed E-state index contributed by atoms with van der Waals surface area (Å²) in [5.74, 6) is 1.04. The average molecular weight is 308 g/mol. The second kappa shape index (κ2) is 6.01. The minimum Gasteiger partial charge on any atom is -0.493 e. The Morgan fingerprint density at radius 1 is 1.30 bits per heavy atom. The van der Waals surface area contributed by atoms with E-state index in [0.29, 0.717) is 29.3 Å². The van der Waals surface area contributed by atoms with Crippen LogP contribution in [-0.4, -0.2) is 19.1 Å². The Morgan fingerprint density at radius 2 is 2.09 bits per heavy atom. The van der Waals surface area contributed by atoms with Gasteiger partial charge in [0, 0.05) is 11.3 Å². The number of fused-ring (bicyclic) bond motifs is 1. The fourth-order valence-corrected chi connectivity index (χ4v) is 2.64. The highest BCUT2D eigenvalue weighted by atomic mass is 16.5. The van der Waals surface area contributed by atoms with Gasteiger partial charge in [0.15, 0.2) is 17.6 Å². The summed E-state index contributed by atoms with van der Waals surface area (Å²) in [5, 5.41) is 9.07. The van der Waals surface area contributed by atoms with E-state index in [-0.39, 0.29) is 5.91 Å². The molecule has 0 unspecified atom stereocenters.